The molecule has 0 spiro atoms. The summed E-state index contributed by atoms with van der Waals surface area (Å²) in [6.07, 6.45) is 6.53. The van der Waals surface area contributed by atoms with Crippen molar-refractivity contribution in [3.63, 3.8) is 0 Å². The van der Waals surface area contributed by atoms with E-state index in [1.807, 2.05) is 54.6 Å². The lowest BCUT2D eigenvalue weighted by Crippen LogP contribution is -2.23. The second-order valence-corrected chi connectivity index (χ2v) is 6.84. The first-order chi connectivity index (χ1) is 13.3. The Kier molecular flexibility index (Phi) is 5.19. The molecule has 5 heteroatoms. The fraction of sp³-hybridized carbons (Fsp3) is 0.273. The molecule has 0 bridgehead atoms. The molecule has 27 heavy (non-hydrogen) atoms. The molecule has 0 saturated heterocycles. The number of hydrogen-bond donors (Lipinski definition) is 2. The number of amides is 1. The van der Waals surface area contributed by atoms with Gasteiger partial charge in [0.05, 0.1) is 23.6 Å². The quantitative estimate of drug-likeness (QED) is 0.687. The Bertz CT molecular complexity index is 899. The average molecular weight is 361 g/mol. The SMILES string of the molecule is O=C(NCc1ccccc1OC1CCCC1)c1cn[nH]c1-c1ccccc1. The molecule has 1 heterocycles. The summed E-state index contributed by atoms with van der Waals surface area (Å²) in [6.45, 7) is 0.418. The van der Waals surface area contributed by atoms with E-state index in [2.05, 4.69) is 15.5 Å². The van der Waals surface area contributed by atoms with Gasteiger partial charge in [-0.3, -0.25) is 9.89 Å². The smallest absolute Gasteiger partial charge is 0.255 e. The van der Waals surface area contributed by atoms with Gasteiger partial charge in [-0.05, 0) is 31.7 Å². The van der Waals surface area contributed by atoms with Crippen molar-refractivity contribution in [2.45, 2.75) is 38.3 Å². The molecule has 2 aromatic carbocycles. The number of nitrogens with zero attached hydrogens (tertiary/aromatic N) is 1. The summed E-state index contributed by atoms with van der Waals surface area (Å²) in [7, 11) is 0. The zero-order valence-electron chi connectivity index (χ0n) is 15.2. The van der Waals surface area contributed by atoms with E-state index in [0.717, 1.165) is 35.4 Å². The molecule has 0 unspecified atom stereocenters. The summed E-state index contributed by atoms with van der Waals surface area (Å²) in [5.41, 5.74) is 3.19. The normalized spacial score (nSPS) is 14.2. The van der Waals surface area contributed by atoms with E-state index in [1.54, 1.807) is 6.20 Å². The molecule has 1 saturated carbocycles. The van der Waals surface area contributed by atoms with Crippen molar-refractivity contribution in [2.75, 3.05) is 0 Å². The highest BCUT2D eigenvalue weighted by molar-refractivity contribution is 5.99. The molecular weight excluding hydrogens is 338 g/mol. The molecule has 1 aliphatic rings. The number of aromatic amines is 1. The zero-order chi connectivity index (χ0) is 18.5. The van der Waals surface area contributed by atoms with Crippen molar-refractivity contribution >= 4 is 5.91 Å². The number of carbonyl (C=O) groups excluding carboxylic acids is 1. The van der Waals surface area contributed by atoms with Gasteiger partial charge in [-0.1, -0.05) is 48.5 Å². The van der Waals surface area contributed by atoms with Gasteiger partial charge in [0.1, 0.15) is 5.75 Å². The number of aromatic nitrogens is 2. The van der Waals surface area contributed by atoms with Gasteiger partial charge in [-0.2, -0.15) is 5.10 Å². The minimum Gasteiger partial charge on any atom is -0.490 e. The number of nitrogens with one attached hydrogen (secondary N) is 2. The largest absolute Gasteiger partial charge is 0.490 e. The van der Waals surface area contributed by atoms with E-state index < -0.39 is 0 Å². The van der Waals surface area contributed by atoms with Crippen LogP contribution in [0.1, 0.15) is 41.6 Å². The van der Waals surface area contributed by atoms with Gasteiger partial charge in [0.2, 0.25) is 0 Å². The maximum Gasteiger partial charge on any atom is 0.255 e. The number of H-pyrrole nitrogens is 1. The Morgan fingerprint density at radius 2 is 1.81 bits per heavy atom. The summed E-state index contributed by atoms with van der Waals surface area (Å²) in [5, 5.41) is 9.97. The fourth-order valence-corrected chi connectivity index (χ4v) is 3.50. The zero-order valence-corrected chi connectivity index (χ0v) is 15.2. The highest BCUT2D eigenvalue weighted by Crippen LogP contribution is 2.27. The van der Waals surface area contributed by atoms with Crippen LogP contribution in [0.3, 0.4) is 0 Å². The monoisotopic (exact) mass is 361 g/mol. The van der Waals surface area contributed by atoms with Gasteiger partial charge in [-0.25, -0.2) is 0 Å². The summed E-state index contributed by atoms with van der Waals surface area (Å²) in [4.78, 5) is 12.7. The third-order valence-corrected chi connectivity index (χ3v) is 4.95. The maximum atomic E-state index is 12.7. The molecule has 1 aromatic heterocycles. The average Bonchev–Trinajstić information content (AvgIpc) is 3.40. The van der Waals surface area contributed by atoms with Gasteiger partial charge < -0.3 is 10.1 Å². The van der Waals surface area contributed by atoms with Crippen LogP contribution in [0.2, 0.25) is 0 Å². The second-order valence-electron chi connectivity index (χ2n) is 6.84. The Morgan fingerprint density at radius 1 is 1.07 bits per heavy atom. The van der Waals surface area contributed by atoms with Crippen molar-refractivity contribution in [2.24, 2.45) is 0 Å². The minimum absolute atomic E-state index is 0.154. The van der Waals surface area contributed by atoms with Crippen LogP contribution in [-0.2, 0) is 6.54 Å². The molecule has 1 fully saturated rings. The van der Waals surface area contributed by atoms with E-state index in [1.165, 1.54) is 12.8 Å². The Balaban J connectivity index is 1.46. The van der Waals surface area contributed by atoms with Crippen molar-refractivity contribution in [1.82, 2.24) is 15.5 Å². The highest BCUT2D eigenvalue weighted by atomic mass is 16.5. The molecule has 0 aliphatic heterocycles. The second kappa shape index (κ2) is 8.08. The number of ether oxygens (including phenoxy) is 1. The van der Waals surface area contributed by atoms with Crippen molar-refractivity contribution in [3.05, 3.63) is 71.9 Å². The molecule has 4 rings (SSSR count). The summed E-state index contributed by atoms with van der Waals surface area (Å²) in [5.74, 6) is 0.707. The number of hydrogen-bond acceptors (Lipinski definition) is 3. The first-order valence-corrected chi connectivity index (χ1v) is 9.43. The fourth-order valence-electron chi connectivity index (χ4n) is 3.50. The van der Waals surface area contributed by atoms with E-state index in [4.69, 9.17) is 4.74 Å². The van der Waals surface area contributed by atoms with Crippen molar-refractivity contribution in [1.29, 1.82) is 0 Å². The molecule has 1 amide bonds. The third kappa shape index (κ3) is 4.03. The van der Waals surface area contributed by atoms with Crippen LogP contribution in [0.4, 0.5) is 0 Å². The molecule has 0 atom stereocenters. The van der Waals surface area contributed by atoms with Crippen LogP contribution in [0.15, 0.2) is 60.8 Å². The first-order valence-electron chi connectivity index (χ1n) is 9.43. The Labute approximate surface area is 158 Å². The lowest BCUT2D eigenvalue weighted by molar-refractivity contribution is 0.0951. The standard InChI is InChI=1S/C22H23N3O2/c26-22(19-15-24-25-21(19)16-8-2-1-3-9-16)23-14-17-10-4-7-13-20(17)27-18-11-5-6-12-18/h1-4,7-10,13,15,18H,5-6,11-12,14H2,(H,23,26)(H,24,25). The Hall–Kier alpha value is -3.08. The molecule has 3 aromatic rings. The van der Waals surface area contributed by atoms with Gasteiger partial charge in [-0.15, -0.1) is 0 Å². The maximum absolute atomic E-state index is 12.7. The molecule has 0 radical (unpaired) electrons. The molecule has 138 valence electrons. The topological polar surface area (TPSA) is 67.0 Å². The molecule has 1 aliphatic carbocycles. The number of rotatable bonds is 6. The predicted octanol–water partition coefficient (Wildman–Crippen LogP) is 4.33. The van der Waals surface area contributed by atoms with Gasteiger partial charge in [0.15, 0.2) is 0 Å². The van der Waals surface area contributed by atoms with Crippen LogP contribution in [-0.4, -0.2) is 22.2 Å². The number of carbonyl (C=O) groups is 1. The number of benzene rings is 2. The highest BCUT2D eigenvalue weighted by Gasteiger charge is 2.19. The minimum atomic E-state index is -0.154. The molecule has 5 nitrogen and oxygen atoms in total. The van der Waals surface area contributed by atoms with Crippen LogP contribution < -0.4 is 10.1 Å². The predicted molar refractivity (Wildman–Crippen MR) is 105 cm³/mol. The van der Waals surface area contributed by atoms with Crippen LogP contribution in [0, 0.1) is 0 Å². The van der Waals surface area contributed by atoms with E-state index in [0.29, 0.717) is 18.2 Å². The van der Waals surface area contributed by atoms with Crippen molar-refractivity contribution in [3.8, 4) is 17.0 Å². The summed E-state index contributed by atoms with van der Waals surface area (Å²) in [6, 6.07) is 17.6. The van der Waals surface area contributed by atoms with Crippen LogP contribution >= 0.6 is 0 Å². The molecular formula is C22H23N3O2. The van der Waals surface area contributed by atoms with Crippen LogP contribution in [0.5, 0.6) is 5.75 Å². The molecule has 2 N–H and O–H groups in total. The van der Waals surface area contributed by atoms with E-state index in [-0.39, 0.29) is 5.91 Å². The third-order valence-electron chi connectivity index (χ3n) is 4.95. The van der Waals surface area contributed by atoms with E-state index in [9.17, 15) is 4.79 Å². The van der Waals surface area contributed by atoms with E-state index >= 15 is 0 Å². The lowest BCUT2D eigenvalue weighted by atomic mass is 10.1. The number of para-hydroxylation sites is 1. The van der Waals surface area contributed by atoms with Gasteiger partial charge in [0, 0.05) is 17.7 Å². The van der Waals surface area contributed by atoms with Crippen LogP contribution in [0.25, 0.3) is 11.3 Å². The Morgan fingerprint density at radius 3 is 2.63 bits per heavy atom. The first kappa shape index (κ1) is 17.3. The van der Waals surface area contributed by atoms with Gasteiger partial charge >= 0.3 is 0 Å². The van der Waals surface area contributed by atoms with Gasteiger partial charge in [0.25, 0.3) is 5.91 Å². The summed E-state index contributed by atoms with van der Waals surface area (Å²) >= 11 is 0. The lowest BCUT2D eigenvalue weighted by Gasteiger charge is -2.16. The van der Waals surface area contributed by atoms with Crippen molar-refractivity contribution < 1.29 is 9.53 Å². The summed E-state index contributed by atoms with van der Waals surface area (Å²) < 4.78 is 6.15.